The van der Waals surface area contributed by atoms with E-state index in [2.05, 4.69) is 11.8 Å². The Bertz CT molecular complexity index is 227. The lowest BCUT2D eigenvalue weighted by Gasteiger charge is -2.42. The van der Waals surface area contributed by atoms with E-state index in [-0.39, 0.29) is 0 Å². The van der Waals surface area contributed by atoms with Crippen molar-refractivity contribution in [2.75, 3.05) is 13.1 Å². The molecule has 86 valence electrons. The molecule has 0 aliphatic carbocycles. The molecule has 0 amide bonds. The summed E-state index contributed by atoms with van der Waals surface area (Å²) in [6.07, 6.45) is 8.37. The van der Waals surface area contributed by atoms with Crippen LogP contribution >= 0.6 is 0 Å². The lowest BCUT2D eigenvalue weighted by molar-refractivity contribution is -0.130. The molecule has 2 saturated heterocycles. The maximum absolute atomic E-state index is 11.8. The average molecular weight is 209 g/mol. The number of nitrogens with zero attached hydrogens (tertiary/aromatic N) is 1. The summed E-state index contributed by atoms with van der Waals surface area (Å²) in [4.78, 5) is 14.4. The number of hydrogen-bond donors (Lipinski definition) is 0. The second-order valence-electron chi connectivity index (χ2n) is 5.15. The van der Waals surface area contributed by atoms with Gasteiger partial charge < -0.3 is 0 Å². The van der Waals surface area contributed by atoms with Crippen LogP contribution in [0.25, 0.3) is 0 Å². The monoisotopic (exact) mass is 209 g/mol. The predicted molar refractivity (Wildman–Crippen MR) is 61.9 cm³/mol. The minimum absolute atomic E-state index is 0.390. The van der Waals surface area contributed by atoms with Crippen molar-refractivity contribution in [1.82, 2.24) is 4.90 Å². The van der Waals surface area contributed by atoms with Crippen molar-refractivity contribution >= 4 is 5.78 Å². The quantitative estimate of drug-likeness (QED) is 0.663. The summed E-state index contributed by atoms with van der Waals surface area (Å²) in [6.45, 7) is 4.54. The van der Waals surface area contributed by atoms with Crippen molar-refractivity contribution in [3.05, 3.63) is 0 Å². The fourth-order valence-corrected chi connectivity index (χ4v) is 3.04. The molecule has 0 aromatic heterocycles. The van der Waals surface area contributed by atoms with Crippen LogP contribution in [0.15, 0.2) is 0 Å². The van der Waals surface area contributed by atoms with Crippen LogP contribution in [0.2, 0.25) is 0 Å². The Morgan fingerprint density at radius 1 is 1.40 bits per heavy atom. The summed E-state index contributed by atoms with van der Waals surface area (Å²) in [5, 5.41) is 0. The second-order valence-corrected chi connectivity index (χ2v) is 5.15. The summed E-state index contributed by atoms with van der Waals surface area (Å²) in [5.74, 6) is 0.939. The van der Waals surface area contributed by atoms with Crippen molar-refractivity contribution in [2.24, 2.45) is 5.92 Å². The molecule has 15 heavy (non-hydrogen) atoms. The number of unbranched alkanes of at least 4 members (excludes halogenated alkanes) is 2. The average Bonchev–Trinajstić information content (AvgIpc) is 2.26. The molecule has 2 aliphatic heterocycles. The Kier molecular flexibility index (Phi) is 3.79. The SMILES string of the molecule is CCCCCC1CC(=O)C2CCCN1C2. The van der Waals surface area contributed by atoms with Gasteiger partial charge in [0.05, 0.1) is 0 Å². The molecule has 3 atom stereocenters. The molecule has 0 spiro atoms. The Morgan fingerprint density at radius 2 is 2.27 bits per heavy atom. The van der Waals surface area contributed by atoms with E-state index in [0.717, 1.165) is 19.4 Å². The minimum atomic E-state index is 0.390. The first-order valence-corrected chi connectivity index (χ1v) is 6.58. The molecule has 2 rings (SSSR count). The number of Topliss-reactive ketones (excluding diaryl/α,β-unsaturated/α-hetero) is 1. The first-order chi connectivity index (χ1) is 7.31. The van der Waals surface area contributed by atoms with E-state index in [1.165, 1.54) is 38.6 Å². The fraction of sp³-hybridized carbons (Fsp3) is 0.923. The van der Waals surface area contributed by atoms with Crippen LogP contribution < -0.4 is 0 Å². The van der Waals surface area contributed by atoms with Crippen LogP contribution in [0.5, 0.6) is 0 Å². The van der Waals surface area contributed by atoms with Gasteiger partial charge in [-0.15, -0.1) is 0 Å². The van der Waals surface area contributed by atoms with Crippen molar-refractivity contribution in [3.8, 4) is 0 Å². The molecule has 0 radical (unpaired) electrons. The van der Waals surface area contributed by atoms with E-state index in [1.54, 1.807) is 0 Å². The van der Waals surface area contributed by atoms with Crippen molar-refractivity contribution < 1.29 is 4.79 Å². The molecule has 3 unspecified atom stereocenters. The molecular formula is C13H23NO. The highest BCUT2D eigenvalue weighted by atomic mass is 16.1. The first-order valence-electron chi connectivity index (χ1n) is 6.58. The van der Waals surface area contributed by atoms with E-state index in [9.17, 15) is 4.79 Å². The molecule has 0 saturated carbocycles. The summed E-state index contributed by atoms with van der Waals surface area (Å²) < 4.78 is 0. The summed E-state index contributed by atoms with van der Waals surface area (Å²) >= 11 is 0. The standard InChI is InChI=1S/C13H23NO/c1-2-3-4-7-12-9-13(15)11-6-5-8-14(12)10-11/h11-12H,2-10H2,1H3. The van der Waals surface area contributed by atoms with Gasteiger partial charge in [0.1, 0.15) is 5.78 Å². The van der Waals surface area contributed by atoms with Gasteiger partial charge in [-0.25, -0.2) is 0 Å². The number of hydrogen-bond acceptors (Lipinski definition) is 2. The third kappa shape index (κ3) is 2.60. The minimum Gasteiger partial charge on any atom is -0.299 e. The van der Waals surface area contributed by atoms with Crippen LogP contribution in [0.3, 0.4) is 0 Å². The molecule has 0 aromatic rings. The molecule has 2 fully saturated rings. The molecule has 2 nitrogen and oxygen atoms in total. The van der Waals surface area contributed by atoms with Crippen LogP contribution in [0, 0.1) is 5.92 Å². The number of carbonyl (C=O) groups is 1. The van der Waals surface area contributed by atoms with Crippen LogP contribution in [0.1, 0.15) is 51.9 Å². The zero-order chi connectivity index (χ0) is 10.7. The number of fused-ring (bicyclic) bond motifs is 2. The maximum Gasteiger partial charge on any atom is 0.138 e. The normalized spacial score (nSPS) is 35.5. The van der Waals surface area contributed by atoms with Gasteiger partial charge in [0.2, 0.25) is 0 Å². The van der Waals surface area contributed by atoms with Crippen LogP contribution in [-0.4, -0.2) is 29.8 Å². The van der Waals surface area contributed by atoms with Gasteiger partial charge >= 0.3 is 0 Å². The Morgan fingerprint density at radius 3 is 3.07 bits per heavy atom. The highest BCUT2D eigenvalue weighted by molar-refractivity contribution is 5.82. The van der Waals surface area contributed by atoms with Gasteiger partial charge in [0.15, 0.2) is 0 Å². The largest absolute Gasteiger partial charge is 0.299 e. The number of rotatable bonds is 4. The molecule has 2 aliphatic rings. The van der Waals surface area contributed by atoms with Crippen molar-refractivity contribution in [2.45, 2.75) is 57.9 Å². The molecular weight excluding hydrogens is 186 g/mol. The molecule has 2 bridgehead atoms. The third-order valence-corrected chi connectivity index (χ3v) is 4.00. The van der Waals surface area contributed by atoms with E-state index in [4.69, 9.17) is 0 Å². The lowest BCUT2D eigenvalue weighted by atomic mass is 9.83. The van der Waals surface area contributed by atoms with Crippen LogP contribution in [0.4, 0.5) is 0 Å². The summed E-state index contributed by atoms with van der Waals surface area (Å²) in [5.41, 5.74) is 0. The fourth-order valence-electron chi connectivity index (χ4n) is 3.04. The first kappa shape index (κ1) is 11.1. The highest BCUT2D eigenvalue weighted by Crippen LogP contribution is 2.29. The van der Waals surface area contributed by atoms with E-state index in [0.29, 0.717) is 17.7 Å². The zero-order valence-electron chi connectivity index (χ0n) is 9.87. The van der Waals surface area contributed by atoms with Gasteiger partial charge in [0.25, 0.3) is 0 Å². The summed E-state index contributed by atoms with van der Waals surface area (Å²) in [6, 6.07) is 0.584. The van der Waals surface area contributed by atoms with Gasteiger partial charge in [-0.2, -0.15) is 0 Å². The van der Waals surface area contributed by atoms with Gasteiger partial charge in [-0.05, 0) is 25.8 Å². The van der Waals surface area contributed by atoms with Gasteiger partial charge in [0, 0.05) is 24.9 Å². The summed E-state index contributed by atoms with van der Waals surface area (Å²) in [7, 11) is 0. The predicted octanol–water partition coefficient (Wildman–Crippen LogP) is 2.62. The van der Waals surface area contributed by atoms with E-state index >= 15 is 0 Å². The van der Waals surface area contributed by atoms with Gasteiger partial charge in [-0.1, -0.05) is 26.2 Å². The zero-order valence-corrected chi connectivity index (χ0v) is 9.87. The topological polar surface area (TPSA) is 20.3 Å². The molecule has 2 heteroatoms. The number of ketones is 1. The number of carbonyl (C=O) groups excluding carboxylic acids is 1. The lowest BCUT2D eigenvalue weighted by Crippen LogP contribution is -2.50. The third-order valence-electron chi connectivity index (χ3n) is 4.00. The van der Waals surface area contributed by atoms with E-state index in [1.807, 2.05) is 0 Å². The van der Waals surface area contributed by atoms with Crippen molar-refractivity contribution in [3.63, 3.8) is 0 Å². The van der Waals surface area contributed by atoms with Crippen molar-refractivity contribution in [1.29, 1.82) is 0 Å². The smallest absolute Gasteiger partial charge is 0.138 e. The Balaban J connectivity index is 1.85. The Labute approximate surface area is 93.0 Å². The Hall–Kier alpha value is -0.370. The maximum atomic E-state index is 11.8. The number of piperidine rings is 2. The van der Waals surface area contributed by atoms with E-state index < -0.39 is 0 Å². The molecule has 2 heterocycles. The molecule has 0 N–H and O–H groups in total. The highest BCUT2D eigenvalue weighted by Gasteiger charge is 2.35. The second kappa shape index (κ2) is 5.11. The molecule has 0 aromatic carbocycles. The van der Waals surface area contributed by atoms with Gasteiger partial charge in [-0.3, -0.25) is 9.69 Å². The van der Waals surface area contributed by atoms with Crippen LogP contribution in [-0.2, 0) is 4.79 Å².